The molecule has 1 unspecified atom stereocenters. The van der Waals surface area contributed by atoms with Crippen LogP contribution in [0.4, 0.5) is 5.69 Å². The quantitative estimate of drug-likeness (QED) is 0.584. The third-order valence-corrected chi connectivity index (χ3v) is 5.88. The minimum atomic E-state index is -1.27. The fourth-order valence-electron chi connectivity index (χ4n) is 4.15. The molecule has 180 valence electrons. The van der Waals surface area contributed by atoms with Crippen LogP contribution < -0.4 is 10.6 Å². The van der Waals surface area contributed by atoms with Gasteiger partial charge < -0.3 is 25.2 Å². The Morgan fingerprint density at radius 1 is 1.11 bits per heavy atom. The molecule has 0 bridgehead atoms. The molecule has 1 saturated heterocycles. The molecule has 2 aliphatic rings. The topological polar surface area (TPSA) is 99.9 Å². The van der Waals surface area contributed by atoms with E-state index in [1.165, 1.54) is 0 Å². The summed E-state index contributed by atoms with van der Waals surface area (Å²) in [6.45, 7) is 2.55. The van der Waals surface area contributed by atoms with Crippen LogP contribution in [0.2, 0.25) is 0 Å². The number of likely N-dealkylation sites (N-methyl/N-ethyl adjacent to an activating group) is 1. The van der Waals surface area contributed by atoms with Crippen molar-refractivity contribution in [2.75, 3.05) is 45.7 Å². The molecule has 10 nitrogen and oxygen atoms in total. The molecule has 2 aliphatic heterocycles. The van der Waals surface area contributed by atoms with Gasteiger partial charge in [-0.25, -0.2) is 9.67 Å². The largest absolute Gasteiger partial charge is 0.378 e. The van der Waals surface area contributed by atoms with E-state index in [-0.39, 0.29) is 5.91 Å². The molecule has 0 aliphatic carbocycles. The van der Waals surface area contributed by atoms with Crippen LogP contribution in [0.3, 0.4) is 0 Å². The molecule has 1 aromatic carbocycles. The number of pyridine rings is 1. The van der Waals surface area contributed by atoms with E-state index in [0.717, 1.165) is 16.9 Å². The van der Waals surface area contributed by atoms with Crippen LogP contribution in [0.1, 0.15) is 5.56 Å². The third-order valence-electron chi connectivity index (χ3n) is 5.88. The van der Waals surface area contributed by atoms with Crippen LogP contribution in [0.25, 0.3) is 11.4 Å². The summed E-state index contributed by atoms with van der Waals surface area (Å²) in [4.78, 5) is 26.5. The lowest BCUT2D eigenvalue weighted by Gasteiger charge is -2.41. The van der Waals surface area contributed by atoms with Gasteiger partial charge in [0, 0.05) is 63.2 Å². The number of benzene rings is 1. The first-order valence-corrected chi connectivity index (χ1v) is 11.5. The molecular formula is C25H28N8O2. The monoisotopic (exact) mass is 472 g/mol. The molecule has 10 heteroatoms. The molecule has 1 atom stereocenters. The average Bonchev–Trinajstić information content (AvgIpc) is 3.44. The highest BCUT2D eigenvalue weighted by molar-refractivity contribution is 6.01. The number of aliphatic imine (C=N–C) groups is 1. The highest BCUT2D eigenvalue weighted by Crippen LogP contribution is 2.29. The molecule has 3 aromatic rings. The Morgan fingerprint density at radius 3 is 2.63 bits per heavy atom. The zero-order valence-corrected chi connectivity index (χ0v) is 19.8. The number of carbonyl (C=O) groups is 1. The number of carbonyl (C=O) groups excluding carboxylic acids is 1. The highest BCUT2D eigenvalue weighted by atomic mass is 16.5. The van der Waals surface area contributed by atoms with Crippen molar-refractivity contribution >= 4 is 23.3 Å². The standard InChI is InChI=1S/C25H28N8O2/c1-31(2)23(34)25(29-20-7-10-26-11-8-20)18-22(28-24(30-25)32-13-15-35-16-14-32)19-5-3-6-21(17-19)33-12-4-9-27-33/h3-12,17-18H,13-16H2,1-2H3,(H,26,29)(H,28,30). The zero-order valence-electron chi connectivity index (χ0n) is 19.8. The Balaban J connectivity index is 1.63. The van der Waals surface area contributed by atoms with Gasteiger partial charge >= 0.3 is 0 Å². The summed E-state index contributed by atoms with van der Waals surface area (Å²) in [7, 11) is 3.48. The number of aromatic nitrogens is 3. The SMILES string of the molecule is CN(C)C(=O)C1(Nc2ccncc2)C=C(c2cccc(-n3cccn3)c2)N=C(N2CCOCC2)N1. The summed E-state index contributed by atoms with van der Waals surface area (Å²) >= 11 is 0. The first kappa shape index (κ1) is 22.6. The van der Waals surface area contributed by atoms with Gasteiger partial charge in [0.1, 0.15) is 0 Å². The van der Waals surface area contributed by atoms with Crippen LogP contribution in [0.5, 0.6) is 0 Å². The van der Waals surface area contributed by atoms with Gasteiger partial charge in [0.05, 0.1) is 24.6 Å². The van der Waals surface area contributed by atoms with Crippen LogP contribution in [0, 0.1) is 0 Å². The summed E-state index contributed by atoms with van der Waals surface area (Å²) in [5.41, 5.74) is 1.94. The van der Waals surface area contributed by atoms with E-state index in [0.29, 0.717) is 38.0 Å². The summed E-state index contributed by atoms with van der Waals surface area (Å²) in [6, 6.07) is 13.5. The molecule has 4 heterocycles. The van der Waals surface area contributed by atoms with Gasteiger partial charge in [-0.3, -0.25) is 9.78 Å². The second-order valence-electron chi connectivity index (χ2n) is 8.56. The second-order valence-corrected chi connectivity index (χ2v) is 8.56. The maximum Gasteiger partial charge on any atom is 0.272 e. The number of nitrogens with zero attached hydrogens (tertiary/aromatic N) is 6. The maximum absolute atomic E-state index is 13.7. The van der Waals surface area contributed by atoms with E-state index in [1.807, 2.05) is 54.7 Å². The summed E-state index contributed by atoms with van der Waals surface area (Å²) in [5, 5.41) is 11.2. The van der Waals surface area contributed by atoms with Gasteiger partial charge in [-0.05, 0) is 36.4 Å². The van der Waals surface area contributed by atoms with Crippen molar-refractivity contribution in [2.24, 2.45) is 4.99 Å². The lowest BCUT2D eigenvalue weighted by molar-refractivity contribution is -0.132. The molecular weight excluding hydrogens is 444 g/mol. The van der Waals surface area contributed by atoms with Crippen LogP contribution in [0.15, 0.2) is 78.3 Å². The summed E-state index contributed by atoms with van der Waals surface area (Å²) < 4.78 is 7.34. The minimum absolute atomic E-state index is 0.157. The number of nitrogens with one attached hydrogen (secondary N) is 2. The van der Waals surface area contributed by atoms with Gasteiger partial charge in [-0.1, -0.05) is 12.1 Å². The van der Waals surface area contributed by atoms with Crippen molar-refractivity contribution < 1.29 is 9.53 Å². The molecule has 1 amide bonds. The predicted molar refractivity (Wildman–Crippen MR) is 134 cm³/mol. The Kier molecular flexibility index (Phi) is 6.19. The number of ether oxygens (including phenoxy) is 1. The summed E-state index contributed by atoms with van der Waals surface area (Å²) in [6.07, 6.45) is 8.86. The van der Waals surface area contributed by atoms with Crippen LogP contribution >= 0.6 is 0 Å². The van der Waals surface area contributed by atoms with E-state index in [9.17, 15) is 4.79 Å². The Labute approximate surface area is 203 Å². The Morgan fingerprint density at radius 2 is 1.91 bits per heavy atom. The van der Waals surface area contributed by atoms with E-state index in [1.54, 1.807) is 42.3 Å². The molecule has 0 spiro atoms. The number of amides is 1. The van der Waals surface area contributed by atoms with Crippen molar-refractivity contribution in [3.05, 3.63) is 78.9 Å². The molecule has 35 heavy (non-hydrogen) atoms. The first-order valence-electron chi connectivity index (χ1n) is 11.5. The van der Waals surface area contributed by atoms with Crippen LogP contribution in [-0.2, 0) is 9.53 Å². The number of rotatable bonds is 5. The number of guanidine groups is 1. The normalized spacial score (nSPS) is 19.9. The molecule has 1 fully saturated rings. The van der Waals surface area contributed by atoms with Gasteiger partial charge in [-0.2, -0.15) is 5.10 Å². The van der Waals surface area contributed by atoms with Gasteiger partial charge in [-0.15, -0.1) is 0 Å². The maximum atomic E-state index is 13.7. The number of anilines is 1. The number of hydrogen-bond donors (Lipinski definition) is 2. The molecule has 2 N–H and O–H groups in total. The van der Waals surface area contributed by atoms with E-state index in [2.05, 4.69) is 25.6 Å². The van der Waals surface area contributed by atoms with Gasteiger partial charge in [0.2, 0.25) is 11.6 Å². The molecule has 0 radical (unpaired) electrons. The van der Waals surface area contributed by atoms with Crippen LogP contribution in [-0.4, -0.2) is 82.5 Å². The number of hydrogen-bond acceptors (Lipinski definition) is 8. The van der Waals surface area contributed by atoms with Gasteiger partial charge in [0.15, 0.2) is 0 Å². The van der Waals surface area contributed by atoms with E-state index >= 15 is 0 Å². The van der Waals surface area contributed by atoms with Gasteiger partial charge in [0.25, 0.3) is 5.91 Å². The predicted octanol–water partition coefficient (Wildman–Crippen LogP) is 1.80. The fourth-order valence-corrected chi connectivity index (χ4v) is 4.15. The van der Waals surface area contributed by atoms with E-state index < -0.39 is 5.66 Å². The zero-order chi connectivity index (χ0) is 24.3. The Hall–Kier alpha value is -4.18. The minimum Gasteiger partial charge on any atom is -0.378 e. The lowest BCUT2D eigenvalue weighted by Crippen LogP contribution is -2.66. The van der Waals surface area contributed by atoms with Crippen molar-refractivity contribution in [1.29, 1.82) is 0 Å². The summed E-state index contributed by atoms with van der Waals surface area (Å²) in [5.74, 6) is 0.461. The second kappa shape index (κ2) is 9.59. The van der Waals surface area contributed by atoms with E-state index in [4.69, 9.17) is 9.73 Å². The molecule has 2 aromatic heterocycles. The van der Waals surface area contributed by atoms with Crippen molar-refractivity contribution in [1.82, 2.24) is 29.9 Å². The third kappa shape index (κ3) is 4.73. The molecule has 5 rings (SSSR count). The Bertz CT molecular complexity index is 1230. The molecule has 0 saturated carbocycles. The smallest absolute Gasteiger partial charge is 0.272 e. The van der Waals surface area contributed by atoms with Crippen molar-refractivity contribution in [2.45, 2.75) is 5.66 Å². The fraction of sp³-hybridized carbons (Fsp3) is 0.280. The average molecular weight is 473 g/mol. The lowest BCUT2D eigenvalue weighted by atomic mass is 10.0. The first-order chi connectivity index (χ1) is 17.0. The van der Waals surface area contributed by atoms with Crippen molar-refractivity contribution in [3.8, 4) is 5.69 Å². The number of morpholine rings is 1. The highest BCUT2D eigenvalue weighted by Gasteiger charge is 2.43. The van der Waals surface area contributed by atoms with Crippen molar-refractivity contribution in [3.63, 3.8) is 0 Å².